The summed E-state index contributed by atoms with van der Waals surface area (Å²) < 4.78 is 34.6. The highest BCUT2D eigenvalue weighted by Crippen LogP contribution is 2.24. The highest BCUT2D eigenvalue weighted by molar-refractivity contribution is 7.89. The fourth-order valence-electron chi connectivity index (χ4n) is 0.791. The second-order valence-electron chi connectivity index (χ2n) is 2.36. The summed E-state index contributed by atoms with van der Waals surface area (Å²) in [5.41, 5.74) is 5.29. The van der Waals surface area contributed by atoms with Gasteiger partial charge in [0.1, 0.15) is 4.90 Å². The Morgan fingerprint density at radius 1 is 1.38 bits per heavy atom. The van der Waals surface area contributed by atoms with Crippen LogP contribution >= 0.6 is 11.6 Å². The van der Waals surface area contributed by atoms with Crippen LogP contribution in [0.25, 0.3) is 0 Å². The van der Waals surface area contributed by atoms with E-state index >= 15 is 0 Å². The molecule has 4 N–H and O–H groups in total. The fourth-order valence-corrected chi connectivity index (χ4v) is 1.73. The van der Waals surface area contributed by atoms with Crippen LogP contribution in [0.4, 0.5) is 10.1 Å². The van der Waals surface area contributed by atoms with E-state index in [0.29, 0.717) is 0 Å². The first-order valence-corrected chi connectivity index (χ1v) is 5.02. The smallest absolute Gasteiger partial charge is 0.241 e. The summed E-state index contributed by atoms with van der Waals surface area (Å²) in [7, 11) is -4.12. The normalized spacial score (nSPS) is 11.6. The van der Waals surface area contributed by atoms with Gasteiger partial charge in [0, 0.05) is 5.69 Å². The summed E-state index contributed by atoms with van der Waals surface area (Å²) in [5, 5.41) is 4.34. The molecule has 0 aromatic heterocycles. The molecule has 1 rings (SSSR count). The summed E-state index contributed by atoms with van der Waals surface area (Å²) in [6.45, 7) is 0. The Bertz CT molecular complexity index is 446. The zero-order valence-corrected chi connectivity index (χ0v) is 7.86. The van der Waals surface area contributed by atoms with Crippen LogP contribution < -0.4 is 10.9 Å². The second kappa shape index (κ2) is 3.13. The zero-order valence-electron chi connectivity index (χ0n) is 6.29. The molecular formula is C6H6ClFN2O2S. The molecule has 0 aliphatic carbocycles. The Kier molecular flexibility index (Phi) is 2.47. The summed E-state index contributed by atoms with van der Waals surface area (Å²) in [4.78, 5) is -0.697. The van der Waals surface area contributed by atoms with Crippen LogP contribution in [0.1, 0.15) is 0 Å². The van der Waals surface area contributed by atoms with Crippen LogP contribution in [0.15, 0.2) is 17.0 Å². The first-order chi connectivity index (χ1) is 5.82. The lowest BCUT2D eigenvalue weighted by Crippen LogP contribution is -2.14. The number of primary sulfonamides is 1. The molecule has 0 saturated heterocycles. The van der Waals surface area contributed by atoms with Gasteiger partial charge in [-0.1, -0.05) is 11.6 Å². The minimum atomic E-state index is -4.12. The van der Waals surface area contributed by atoms with Gasteiger partial charge < -0.3 is 5.73 Å². The molecule has 0 radical (unpaired) electrons. The highest BCUT2D eigenvalue weighted by Gasteiger charge is 2.17. The molecule has 0 aliphatic heterocycles. The van der Waals surface area contributed by atoms with Crippen molar-refractivity contribution in [1.82, 2.24) is 0 Å². The van der Waals surface area contributed by atoms with Gasteiger partial charge in [-0.15, -0.1) is 0 Å². The van der Waals surface area contributed by atoms with Gasteiger partial charge in [0.2, 0.25) is 10.0 Å². The number of rotatable bonds is 1. The second-order valence-corrected chi connectivity index (χ2v) is 4.30. The van der Waals surface area contributed by atoms with Gasteiger partial charge in [-0.25, -0.2) is 17.9 Å². The van der Waals surface area contributed by atoms with E-state index in [1.807, 2.05) is 0 Å². The minimum Gasteiger partial charge on any atom is -0.399 e. The summed E-state index contributed by atoms with van der Waals surface area (Å²) in [5.74, 6) is -1.08. The van der Waals surface area contributed by atoms with Crippen molar-refractivity contribution in [2.24, 2.45) is 5.14 Å². The van der Waals surface area contributed by atoms with Gasteiger partial charge in [-0.05, 0) is 12.1 Å². The Morgan fingerprint density at radius 3 is 2.38 bits per heavy atom. The average Bonchev–Trinajstić information content (AvgIpc) is 1.94. The molecule has 0 bridgehead atoms. The van der Waals surface area contributed by atoms with Gasteiger partial charge in [-0.2, -0.15) is 0 Å². The number of nitrogens with two attached hydrogens (primary N) is 2. The molecule has 13 heavy (non-hydrogen) atoms. The molecule has 7 heteroatoms. The third kappa shape index (κ3) is 2.09. The van der Waals surface area contributed by atoms with E-state index in [0.717, 1.165) is 12.1 Å². The number of sulfonamides is 1. The number of benzene rings is 1. The van der Waals surface area contributed by atoms with Crippen molar-refractivity contribution in [1.29, 1.82) is 0 Å². The van der Waals surface area contributed by atoms with E-state index in [4.69, 9.17) is 22.5 Å². The lowest BCUT2D eigenvalue weighted by atomic mass is 10.3. The maximum absolute atomic E-state index is 13.0. The first kappa shape index (κ1) is 10.2. The molecule has 1 aromatic carbocycles. The molecule has 1 aromatic rings. The van der Waals surface area contributed by atoms with Crippen molar-refractivity contribution in [3.8, 4) is 0 Å². The zero-order chi connectivity index (χ0) is 10.2. The standard InChI is InChI=1S/C6H6ClFN2O2S/c7-4-1-3(9)2-5(6(4)8)13(10,11)12/h1-2H,9H2,(H2,10,11,12). The highest BCUT2D eigenvalue weighted by atomic mass is 35.5. The van der Waals surface area contributed by atoms with Crippen LogP contribution in [0.5, 0.6) is 0 Å². The van der Waals surface area contributed by atoms with Crippen molar-refractivity contribution >= 4 is 27.3 Å². The van der Waals surface area contributed by atoms with Crippen molar-refractivity contribution in [3.63, 3.8) is 0 Å². The van der Waals surface area contributed by atoms with Gasteiger partial charge in [0.15, 0.2) is 5.82 Å². The summed E-state index contributed by atoms with van der Waals surface area (Å²) in [6.07, 6.45) is 0. The largest absolute Gasteiger partial charge is 0.399 e. The Morgan fingerprint density at radius 2 is 1.92 bits per heavy atom. The molecule has 0 saturated carbocycles. The SMILES string of the molecule is Nc1cc(Cl)c(F)c(S(N)(=O)=O)c1. The molecule has 0 amide bonds. The van der Waals surface area contributed by atoms with Crippen LogP contribution in [0.3, 0.4) is 0 Å². The van der Waals surface area contributed by atoms with Crippen molar-refractivity contribution < 1.29 is 12.8 Å². The number of anilines is 1. The Labute approximate surface area is 79.3 Å². The lowest BCUT2D eigenvalue weighted by Gasteiger charge is -2.03. The van der Waals surface area contributed by atoms with Crippen LogP contribution in [0.2, 0.25) is 5.02 Å². The van der Waals surface area contributed by atoms with Crippen molar-refractivity contribution in [2.45, 2.75) is 4.90 Å². The maximum Gasteiger partial charge on any atom is 0.241 e. The van der Waals surface area contributed by atoms with E-state index in [1.54, 1.807) is 0 Å². The maximum atomic E-state index is 13.0. The molecule has 0 atom stereocenters. The van der Waals surface area contributed by atoms with E-state index in [2.05, 4.69) is 0 Å². The van der Waals surface area contributed by atoms with Crippen LogP contribution in [0, 0.1) is 5.82 Å². The topological polar surface area (TPSA) is 86.2 Å². The monoisotopic (exact) mass is 224 g/mol. The summed E-state index contributed by atoms with van der Waals surface area (Å²) >= 11 is 5.35. The van der Waals surface area contributed by atoms with E-state index in [-0.39, 0.29) is 10.7 Å². The molecule has 0 spiro atoms. The van der Waals surface area contributed by atoms with Crippen molar-refractivity contribution in [2.75, 3.05) is 5.73 Å². The van der Waals surface area contributed by atoms with Gasteiger partial charge >= 0.3 is 0 Å². The van der Waals surface area contributed by atoms with E-state index < -0.39 is 20.7 Å². The van der Waals surface area contributed by atoms with E-state index in [9.17, 15) is 12.8 Å². The van der Waals surface area contributed by atoms with Crippen molar-refractivity contribution in [3.05, 3.63) is 23.0 Å². The third-order valence-corrected chi connectivity index (χ3v) is 2.51. The molecule has 0 aliphatic rings. The van der Waals surface area contributed by atoms with Crippen LogP contribution in [-0.2, 0) is 10.0 Å². The molecular weight excluding hydrogens is 219 g/mol. The molecule has 0 heterocycles. The Balaban J connectivity index is 3.56. The molecule has 4 nitrogen and oxygen atoms in total. The lowest BCUT2D eigenvalue weighted by molar-refractivity contribution is 0.568. The predicted octanol–water partition coefficient (Wildman–Crippen LogP) is 0.709. The summed E-state index contributed by atoms with van der Waals surface area (Å²) in [6, 6.07) is 2.02. The number of hydrogen-bond acceptors (Lipinski definition) is 3. The number of halogens is 2. The van der Waals surface area contributed by atoms with Gasteiger partial charge in [0.25, 0.3) is 0 Å². The predicted molar refractivity (Wildman–Crippen MR) is 47.2 cm³/mol. The number of nitrogen functional groups attached to an aromatic ring is 1. The fraction of sp³-hybridized carbons (Fsp3) is 0. The third-order valence-electron chi connectivity index (χ3n) is 1.32. The molecule has 0 unspecified atom stereocenters. The first-order valence-electron chi connectivity index (χ1n) is 3.09. The van der Waals surface area contributed by atoms with E-state index in [1.165, 1.54) is 0 Å². The minimum absolute atomic E-state index is 0.0374. The van der Waals surface area contributed by atoms with Gasteiger partial charge in [0.05, 0.1) is 5.02 Å². The molecule has 0 fully saturated rings. The number of hydrogen-bond donors (Lipinski definition) is 2. The van der Waals surface area contributed by atoms with Crippen LogP contribution in [-0.4, -0.2) is 8.42 Å². The quantitative estimate of drug-likeness (QED) is 0.689. The van der Waals surface area contributed by atoms with Gasteiger partial charge in [-0.3, -0.25) is 0 Å². The Hall–Kier alpha value is -0.850. The molecule has 72 valence electrons. The average molecular weight is 225 g/mol.